The molecule has 0 fully saturated rings. The van der Waals surface area contributed by atoms with Crippen molar-refractivity contribution in [3.63, 3.8) is 0 Å². The molecule has 1 radical (unpaired) electrons. The Labute approximate surface area is 253 Å². The van der Waals surface area contributed by atoms with Crippen LogP contribution in [-0.2, 0) is 0 Å². The molecule has 0 aliphatic carbocycles. The second-order valence-electron chi connectivity index (χ2n) is 12.2. The molecule has 203 valence electrons. The van der Waals surface area contributed by atoms with E-state index in [1.165, 1.54) is 85.7 Å². The molecule has 0 N–H and O–H groups in total. The van der Waals surface area contributed by atoms with E-state index in [2.05, 4.69) is 147 Å². The van der Waals surface area contributed by atoms with E-state index in [0.717, 1.165) is 0 Å². The molecule has 0 nitrogen and oxygen atoms in total. The Morgan fingerprint density at radius 2 is 0.791 bits per heavy atom. The van der Waals surface area contributed by atoms with Gasteiger partial charge >= 0.3 is 0 Å². The Balaban J connectivity index is 1.44. The SMILES string of the molecule is C=P(c1ccc([Si](C)C)cc1)(c1ccc2ccc3cccc4ccc1c2c34)c1ccc2ccc3cccc4ccc1c2c34. The molecular weight excluding hydrogens is 552 g/mol. The molecule has 0 aliphatic heterocycles. The van der Waals surface area contributed by atoms with E-state index in [4.69, 9.17) is 6.30 Å². The molecule has 0 aromatic heterocycles. The predicted octanol–water partition coefficient (Wildman–Crippen LogP) is 9.17. The van der Waals surface area contributed by atoms with Gasteiger partial charge in [-0.2, -0.15) is 0 Å². The van der Waals surface area contributed by atoms with E-state index in [-0.39, 0.29) is 0 Å². The summed E-state index contributed by atoms with van der Waals surface area (Å²) in [6, 6.07) is 50.8. The summed E-state index contributed by atoms with van der Waals surface area (Å²) in [6.07, 6.45) is 5.34. The Kier molecular flexibility index (Phi) is 5.28. The highest BCUT2D eigenvalue weighted by molar-refractivity contribution is 7.94. The quantitative estimate of drug-likeness (QED) is 0.110. The van der Waals surface area contributed by atoms with Gasteiger partial charge in [0.1, 0.15) is 0 Å². The van der Waals surface area contributed by atoms with Crippen molar-refractivity contribution in [1.29, 1.82) is 0 Å². The van der Waals surface area contributed by atoms with Crippen LogP contribution in [0.5, 0.6) is 0 Å². The van der Waals surface area contributed by atoms with Crippen LogP contribution in [0.2, 0.25) is 13.1 Å². The lowest BCUT2D eigenvalue weighted by atomic mass is 9.94. The summed E-state index contributed by atoms with van der Waals surface area (Å²) in [7, 11) is -0.547. The van der Waals surface area contributed by atoms with Crippen LogP contribution in [0, 0.1) is 0 Å². The molecular formula is C41H30PSi. The van der Waals surface area contributed by atoms with E-state index in [0.29, 0.717) is 0 Å². The van der Waals surface area contributed by atoms with Crippen LogP contribution in [0.3, 0.4) is 0 Å². The van der Waals surface area contributed by atoms with Gasteiger partial charge in [0, 0.05) is 0 Å². The van der Waals surface area contributed by atoms with Crippen LogP contribution in [0.4, 0.5) is 0 Å². The number of benzene rings is 9. The van der Waals surface area contributed by atoms with Crippen molar-refractivity contribution in [2.75, 3.05) is 0 Å². The van der Waals surface area contributed by atoms with Gasteiger partial charge in [-0.25, -0.2) is 0 Å². The molecule has 0 unspecified atom stereocenters. The van der Waals surface area contributed by atoms with Crippen molar-refractivity contribution in [2.24, 2.45) is 0 Å². The Morgan fingerprint density at radius 3 is 1.21 bits per heavy atom. The Morgan fingerprint density at radius 1 is 0.419 bits per heavy atom. The number of rotatable bonds is 4. The molecule has 0 saturated heterocycles. The summed E-state index contributed by atoms with van der Waals surface area (Å²) >= 11 is 0. The van der Waals surface area contributed by atoms with Gasteiger partial charge in [-0.05, 0) is 87.4 Å². The first-order valence-electron chi connectivity index (χ1n) is 15.0. The minimum atomic E-state index is -2.33. The molecule has 0 spiro atoms. The van der Waals surface area contributed by atoms with Crippen LogP contribution in [0.1, 0.15) is 0 Å². The van der Waals surface area contributed by atoms with Crippen LogP contribution < -0.4 is 21.1 Å². The summed E-state index contributed by atoms with van der Waals surface area (Å²) in [4.78, 5) is 0. The maximum absolute atomic E-state index is 5.34. The van der Waals surface area contributed by atoms with Gasteiger partial charge in [-0.3, -0.25) is 0 Å². The fourth-order valence-electron chi connectivity index (χ4n) is 7.56. The first-order valence-corrected chi connectivity index (χ1v) is 19.5. The van der Waals surface area contributed by atoms with E-state index in [1.54, 1.807) is 0 Å². The lowest BCUT2D eigenvalue weighted by Gasteiger charge is -2.30. The zero-order valence-electron chi connectivity index (χ0n) is 24.4. The van der Waals surface area contributed by atoms with E-state index < -0.39 is 15.7 Å². The van der Waals surface area contributed by atoms with Crippen molar-refractivity contribution in [2.45, 2.75) is 13.1 Å². The topological polar surface area (TPSA) is 0 Å². The maximum Gasteiger partial charge on any atom is 0.0791 e. The smallest absolute Gasteiger partial charge is 0.0791 e. The third-order valence-corrected chi connectivity index (χ3v) is 14.8. The number of hydrogen-bond donors (Lipinski definition) is 0. The molecule has 0 atom stereocenters. The molecule has 0 heterocycles. The average Bonchev–Trinajstić information content (AvgIpc) is 3.05. The van der Waals surface area contributed by atoms with Gasteiger partial charge in [0.2, 0.25) is 0 Å². The van der Waals surface area contributed by atoms with Crippen LogP contribution in [-0.4, -0.2) is 15.1 Å². The summed E-state index contributed by atoms with van der Waals surface area (Å²) in [5.74, 6) is 0. The standard InChI is InChI=1S/C41H30PSi/c1-42(32-18-20-33(21-19-32)43(2)3,36-24-16-30-12-10-26-6-4-8-28-14-22-34(36)40(30)38(26)28)37-25-17-31-13-11-27-7-5-9-29-15-23-35(37)41(31)39(27)29/h4-25H,1H2,2-3H3. The fourth-order valence-corrected chi connectivity index (χ4v) is 11.7. The first kappa shape index (κ1) is 25.1. The molecule has 0 amide bonds. The van der Waals surface area contributed by atoms with Gasteiger partial charge in [-0.1, -0.05) is 158 Å². The van der Waals surface area contributed by atoms with Crippen molar-refractivity contribution in [1.82, 2.24) is 0 Å². The molecule has 43 heavy (non-hydrogen) atoms. The molecule has 0 aliphatic rings. The number of hydrogen-bond acceptors (Lipinski definition) is 0. The monoisotopic (exact) mass is 581 g/mol. The third kappa shape index (κ3) is 3.44. The zero-order valence-corrected chi connectivity index (χ0v) is 26.3. The predicted molar refractivity (Wildman–Crippen MR) is 197 cm³/mol. The molecule has 2 heteroatoms. The van der Waals surface area contributed by atoms with E-state index >= 15 is 0 Å². The summed E-state index contributed by atoms with van der Waals surface area (Å²) in [6.45, 7) is 2.41. The molecule has 9 aromatic carbocycles. The van der Waals surface area contributed by atoms with E-state index in [1.807, 2.05) is 0 Å². The van der Waals surface area contributed by atoms with Crippen molar-refractivity contribution in [3.8, 4) is 0 Å². The minimum absolute atomic E-state index is 0.547. The van der Waals surface area contributed by atoms with Crippen LogP contribution in [0.25, 0.3) is 64.6 Å². The largest absolute Gasteiger partial charge is 0.0886 e. The second-order valence-corrected chi connectivity index (χ2v) is 17.9. The highest BCUT2D eigenvalue weighted by Crippen LogP contribution is 2.49. The zero-order chi connectivity index (χ0) is 28.9. The third-order valence-electron chi connectivity index (χ3n) is 9.72. The highest BCUT2D eigenvalue weighted by atomic mass is 31.2. The van der Waals surface area contributed by atoms with Crippen LogP contribution in [0.15, 0.2) is 133 Å². The summed E-state index contributed by atoms with van der Waals surface area (Å²) in [5.41, 5.74) is 0. The van der Waals surface area contributed by atoms with Crippen LogP contribution >= 0.6 is 6.89 Å². The van der Waals surface area contributed by atoms with Gasteiger partial charge in [-0.15, -0.1) is 0 Å². The summed E-state index contributed by atoms with van der Waals surface area (Å²) in [5, 5.41) is 21.4. The molecule has 0 saturated carbocycles. The maximum atomic E-state index is 5.34. The van der Waals surface area contributed by atoms with Crippen molar-refractivity contribution >= 4 is 108 Å². The normalized spacial score (nSPS) is 12.7. The second kappa shape index (κ2) is 9.04. The van der Waals surface area contributed by atoms with Gasteiger partial charge < -0.3 is 0 Å². The fraction of sp³-hybridized carbons (Fsp3) is 0.0488. The molecule has 0 bridgehead atoms. The Bertz CT molecular complexity index is 2370. The first-order chi connectivity index (χ1) is 21.0. The average molecular weight is 582 g/mol. The van der Waals surface area contributed by atoms with Crippen molar-refractivity contribution in [3.05, 3.63) is 133 Å². The lowest BCUT2D eigenvalue weighted by Crippen LogP contribution is -2.29. The summed E-state index contributed by atoms with van der Waals surface area (Å²) < 4.78 is 0. The van der Waals surface area contributed by atoms with Gasteiger partial charge in [0.15, 0.2) is 0 Å². The van der Waals surface area contributed by atoms with E-state index in [9.17, 15) is 0 Å². The van der Waals surface area contributed by atoms with Crippen molar-refractivity contribution < 1.29 is 0 Å². The van der Waals surface area contributed by atoms with Gasteiger partial charge in [0.25, 0.3) is 0 Å². The molecule has 9 rings (SSSR count). The molecule has 9 aromatic rings. The Hall–Kier alpha value is -4.42. The minimum Gasteiger partial charge on any atom is -0.0886 e. The van der Waals surface area contributed by atoms with Gasteiger partial charge in [0.05, 0.1) is 8.80 Å². The lowest BCUT2D eigenvalue weighted by molar-refractivity contribution is 1.78. The highest BCUT2D eigenvalue weighted by Gasteiger charge is 2.28.